The summed E-state index contributed by atoms with van der Waals surface area (Å²) in [5.41, 5.74) is 15.4. The van der Waals surface area contributed by atoms with E-state index < -0.39 is 97.4 Å². The Balaban J connectivity index is 5.53. The number of carboxylic acids is 2. The lowest BCUT2D eigenvalue weighted by Gasteiger charge is -2.26. The number of nitrogens with two attached hydrogens (primary N) is 3. The molecule has 16 nitrogen and oxygen atoms in total. The number of primary amides is 2. The van der Waals surface area contributed by atoms with E-state index in [1.165, 1.54) is 0 Å². The summed E-state index contributed by atoms with van der Waals surface area (Å²) in [5.74, 6) is -8.24. The average molecular weight is 476 g/mol. The highest BCUT2D eigenvalue weighted by Crippen LogP contribution is 2.04. The molecule has 5 amide bonds. The quantitative estimate of drug-likeness (QED) is 0.108. The van der Waals surface area contributed by atoms with Gasteiger partial charge in [-0.2, -0.15) is 0 Å². The van der Waals surface area contributed by atoms with Crippen LogP contribution in [-0.2, 0) is 33.6 Å². The Morgan fingerprint density at radius 3 is 1.76 bits per heavy atom. The van der Waals surface area contributed by atoms with Crippen LogP contribution < -0.4 is 33.2 Å². The molecule has 0 aromatic rings. The minimum atomic E-state index is -1.85. The van der Waals surface area contributed by atoms with Gasteiger partial charge in [0.15, 0.2) is 0 Å². The number of rotatable bonds is 15. The van der Waals surface area contributed by atoms with Crippen LogP contribution in [0.25, 0.3) is 0 Å². The van der Waals surface area contributed by atoms with Gasteiger partial charge in [-0.15, -0.1) is 0 Å². The molecule has 0 fully saturated rings. The summed E-state index contributed by atoms with van der Waals surface area (Å²) in [6, 6.07) is -6.53. The van der Waals surface area contributed by atoms with Crippen molar-refractivity contribution in [3.63, 3.8) is 0 Å². The van der Waals surface area contributed by atoms with Crippen molar-refractivity contribution in [3.8, 4) is 0 Å². The van der Waals surface area contributed by atoms with Crippen molar-refractivity contribution in [2.24, 2.45) is 17.2 Å². The molecule has 0 heterocycles. The van der Waals surface area contributed by atoms with E-state index in [0.29, 0.717) is 0 Å². The first-order chi connectivity index (χ1) is 15.1. The number of carboxylic acid groups (broad SMARTS) is 2. The van der Waals surface area contributed by atoms with Crippen LogP contribution in [0.3, 0.4) is 0 Å². The summed E-state index contributed by atoms with van der Waals surface area (Å²) in [6.45, 7) is 1.12. The highest BCUT2D eigenvalue weighted by molar-refractivity contribution is 5.95. The minimum absolute atomic E-state index is 0.409. The topological polar surface area (TPSA) is 294 Å². The van der Waals surface area contributed by atoms with Gasteiger partial charge in [0.25, 0.3) is 0 Å². The highest BCUT2D eigenvalue weighted by atomic mass is 16.4. The SMILES string of the molecule is CC(O)C(NC(=O)C(N)CC(N)=O)C(=O)NC(CCC(N)=O)C(=O)NC(CC(=O)O)C(=O)O. The fraction of sp³-hybridized carbons (Fsp3) is 0.588. The first kappa shape index (κ1) is 29.2. The van der Waals surface area contributed by atoms with E-state index >= 15 is 0 Å². The summed E-state index contributed by atoms with van der Waals surface area (Å²) in [6.07, 6.45) is -3.88. The van der Waals surface area contributed by atoms with Crippen molar-refractivity contribution in [1.29, 1.82) is 0 Å². The molecule has 0 saturated heterocycles. The summed E-state index contributed by atoms with van der Waals surface area (Å²) in [5, 5.41) is 33.8. The van der Waals surface area contributed by atoms with Crippen LogP contribution in [0.2, 0.25) is 0 Å². The molecular formula is C17H28N6O10. The number of carbonyl (C=O) groups excluding carboxylic acids is 5. The Morgan fingerprint density at radius 2 is 1.33 bits per heavy atom. The highest BCUT2D eigenvalue weighted by Gasteiger charge is 2.33. The predicted octanol–water partition coefficient (Wildman–Crippen LogP) is -5.15. The first-order valence-electron chi connectivity index (χ1n) is 9.51. The van der Waals surface area contributed by atoms with Crippen LogP contribution in [0.1, 0.15) is 32.6 Å². The Labute approximate surface area is 187 Å². The van der Waals surface area contributed by atoms with Crippen LogP contribution in [0.15, 0.2) is 0 Å². The molecule has 186 valence electrons. The number of aliphatic carboxylic acids is 2. The van der Waals surface area contributed by atoms with Crippen LogP contribution in [0.5, 0.6) is 0 Å². The van der Waals surface area contributed by atoms with E-state index in [-0.39, 0.29) is 0 Å². The molecule has 16 heteroatoms. The lowest BCUT2D eigenvalue weighted by atomic mass is 10.1. The molecule has 0 radical (unpaired) electrons. The average Bonchev–Trinajstić information content (AvgIpc) is 2.66. The summed E-state index contributed by atoms with van der Waals surface area (Å²) < 4.78 is 0. The van der Waals surface area contributed by atoms with Gasteiger partial charge >= 0.3 is 11.9 Å². The zero-order valence-corrected chi connectivity index (χ0v) is 17.6. The van der Waals surface area contributed by atoms with Gasteiger partial charge in [-0.3, -0.25) is 28.8 Å². The Kier molecular flexibility index (Phi) is 12.0. The van der Waals surface area contributed by atoms with E-state index in [2.05, 4.69) is 10.6 Å². The molecule has 5 atom stereocenters. The van der Waals surface area contributed by atoms with Crippen molar-refractivity contribution >= 4 is 41.5 Å². The number of hydrogen-bond acceptors (Lipinski definition) is 9. The van der Waals surface area contributed by atoms with E-state index in [9.17, 15) is 38.7 Å². The fourth-order valence-electron chi connectivity index (χ4n) is 2.44. The van der Waals surface area contributed by atoms with Gasteiger partial charge in [0.1, 0.15) is 18.1 Å². The second kappa shape index (κ2) is 13.6. The molecule has 0 rings (SSSR count). The molecule has 33 heavy (non-hydrogen) atoms. The van der Waals surface area contributed by atoms with E-state index in [1.807, 2.05) is 5.32 Å². The van der Waals surface area contributed by atoms with E-state index in [4.69, 9.17) is 27.4 Å². The predicted molar refractivity (Wildman–Crippen MR) is 108 cm³/mol. The third-order valence-electron chi connectivity index (χ3n) is 4.13. The Bertz CT molecular complexity index is 786. The number of aliphatic hydroxyl groups excluding tert-OH is 1. The second-order valence-electron chi connectivity index (χ2n) is 7.07. The molecule has 0 aliphatic rings. The summed E-state index contributed by atoms with van der Waals surface area (Å²) in [7, 11) is 0. The Morgan fingerprint density at radius 1 is 0.788 bits per heavy atom. The molecule has 0 aromatic carbocycles. The van der Waals surface area contributed by atoms with Crippen LogP contribution in [-0.4, -0.2) is 87.1 Å². The standard InChI is InChI=1S/C17H28N6O10/c1-6(24)13(23-14(29)7(18)4-11(20)26)16(31)21-8(2-3-10(19)25)15(30)22-9(17(32)33)5-12(27)28/h6-9,13,24H,2-5,18H2,1H3,(H2,19,25)(H2,20,26)(H,21,31)(H,22,30)(H,23,29)(H,27,28)(H,32,33). The molecule has 5 unspecified atom stereocenters. The molecule has 0 saturated carbocycles. The number of amides is 5. The maximum Gasteiger partial charge on any atom is 0.326 e. The summed E-state index contributed by atoms with van der Waals surface area (Å²) >= 11 is 0. The zero-order valence-electron chi connectivity index (χ0n) is 17.6. The van der Waals surface area contributed by atoms with Gasteiger partial charge in [0.05, 0.1) is 25.0 Å². The van der Waals surface area contributed by atoms with Gasteiger partial charge in [-0.05, 0) is 13.3 Å². The van der Waals surface area contributed by atoms with E-state index in [0.717, 1.165) is 6.92 Å². The van der Waals surface area contributed by atoms with Gasteiger partial charge in [-0.1, -0.05) is 0 Å². The largest absolute Gasteiger partial charge is 0.481 e. The minimum Gasteiger partial charge on any atom is -0.481 e. The van der Waals surface area contributed by atoms with Gasteiger partial charge in [0.2, 0.25) is 29.5 Å². The van der Waals surface area contributed by atoms with Crippen LogP contribution in [0.4, 0.5) is 0 Å². The maximum atomic E-state index is 12.6. The van der Waals surface area contributed by atoms with E-state index in [1.54, 1.807) is 0 Å². The molecular weight excluding hydrogens is 448 g/mol. The smallest absolute Gasteiger partial charge is 0.326 e. The first-order valence-corrected chi connectivity index (χ1v) is 9.51. The van der Waals surface area contributed by atoms with Crippen molar-refractivity contribution in [1.82, 2.24) is 16.0 Å². The van der Waals surface area contributed by atoms with Crippen LogP contribution >= 0.6 is 0 Å². The van der Waals surface area contributed by atoms with Gasteiger partial charge in [-0.25, -0.2) is 4.79 Å². The van der Waals surface area contributed by atoms with Crippen molar-refractivity contribution in [2.45, 2.75) is 62.9 Å². The van der Waals surface area contributed by atoms with Crippen molar-refractivity contribution in [3.05, 3.63) is 0 Å². The monoisotopic (exact) mass is 476 g/mol. The lowest BCUT2D eigenvalue weighted by molar-refractivity contribution is -0.147. The number of aliphatic hydroxyl groups is 1. The third kappa shape index (κ3) is 11.4. The van der Waals surface area contributed by atoms with Crippen LogP contribution in [0, 0.1) is 0 Å². The molecule has 12 N–H and O–H groups in total. The zero-order chi connectivity index (χ0) is 25.9. The molecule has 0 aliphatic heterocycles. The van der Waals surface area contributed by atoms with Crippen molar-refractivity contribution < 1.29 is 48.9 Å². The third-order valence-corrected chi connectivity index (χ3v) is 4.13. The van der Waals surface area contributed by atoms with Crippen molar-refractivity contribution in [2.75, 3.05) is 0 Å². The Hall–Kier alpha value is -3.79. The molecule has 0 aliphatic carbocycles. The summed E-state index contributed by atoms with van der Waals surface area (Å²) in [4.78, 5) is 81.1. The second-order valence-corrected chi connectivity index (χ2v) is 7.07. The fourth-order valence-corrected chi connectivity index (χ4v) is 2.44. The number of hydrogen-bond donors (Lipinski definition) is 9. The number of carbonyl (C=O) groups is 7. The molecule has 0 bridgehead atoms. The molecule has 0 aromatic heterocycles. The molecule has 0 spiro atoms. The number of nitrogens with one attached hydrogen (secondary N) is 3. The van der Waals surface area contributed by atoms with Gasteiger partial charge < -0.3 is 48.5 Å². The lowest BCUT2D eigenvalue weighted by Crippen LogP contribution is -2.60. The van der Waals surface area contributed by atoms with Gasteiger partial charge in [0, 0.05) is 6.42 Å². The normalized spacial score (nSPS) is 15.1. The maximum absolute atomic E-state index is 12.6.